The first-order chi connectivity index (χ1) is 6.18. The van der Waals surface area contributed by atoms with E-state index in [0.29, 0.717) is 0 Å². The van der Waals surface area contributed by atoms with Crippen LogP contribution in [0.5, 0.6) is 0 Å². The number of fused-ring (bicyclic) bond motifs is 1. The van der Waals surface area contributed by atoms with Crippen molar-refractivity contribution < 1.29 is 9.90 Å². The maximum Gasteiger partial charge on any atom is 0.309 e. The summed E-state index contributed by atoms with van der Waals surface area (Å²) < 4.78 is 1.87. The summed E-state index contributed by atoms with van der Waals surface area (Å²) in [6, 6.07) is 0. The van der Waals surface area contributed by atoms with Crippen LogP contribution in [0.2, 0.25) is 0 Å². The zero-order valence-corrected chi connectivity index (χ0v) is 7.84. The van der Waals surface area contributed by atoms with E-state index in [1.165, 1.54) is 11.3 Å². The van der Waals surface area contributed by atoms with Crippen LogP contribution in [0.3, 0.4) is 0 Å². The Morgan fingerprint density at radius 3 is 3.23 bits per heavy atom. The first kappa shape index (κ1) is 8.25. The van der Waals surface area contributed by atoms with Gasteiger partial charge < -0.3 is 5.11 Å². The molecule has 0 spiro atoms. The molecule has 2 heterocycles. The minimum absolute atomic E-state index is 0.0528. The lowest BCUT2D eigenvalue weighted by Crippen LogP contribution is -2.03. The molecule has 0 amide bonds. The fourth-order valence-electron chi connectivity index (χ4n) is 1.31. The van der Waals surface area contributed by atoms with Crippen LogP contribution < -0.4 is 0 Å². The van der Waals surface area contributed by atoms with Crippen molar-refractivity contribution in [1.82, 2.24) is 9.38 Å². The number of aliphatic carboxylic acids is 1. The molecule has 5 heteroatoms. The van der Waals surface area contributed by atoms with Crippen LogP contribution in [0.1, 0.15) is 11.5 Å². The molecule has 0 atom stereocenters. The zero-order chi connectivity index (χ0) is 9.42. The molecule has 13 heavy (non-hydrogen) atoms. The molecule has 0 bridgehead atoms. The van der Waals surface area contributed by atoms with Gasteiger partial charge in [-0.3, -0.25) is 9.20 Å². The summed E-state index contributed by atoms with van der Waals surface area (Å²) in [6.07, 6.45) is 1.81. The molecule has 0 aliphatic rings. The summed E-state index contributed by atoms with van der Waals surface area (Å²) in [4.78, 5) is 15.6. The van der Waals surface area contributed by atoms with Crippen LogP contribution in [0.4, 0.5) is 0 Å². The van der Waals surface area contributed by atoms with Gasteiger partial charge in [-0.15, -0.1) is 11.3 Å². The number of imidazole rings is 1. The minimum Gasteiger partial charge on any atom is -0.481 e. The largest absolute Gasteiger partial charge is 0.481 e. The first-order valence-corrected chi connectivity index (χ1v) is 4.68. The minimum atomic E-state index is -0.812. The van der Waals surface area contributed by atoms with Gasteiger partial charge in [0.15, 0.2) is 0 Å². The molecule has 0 aliphatic carbocycles. The molecule has 2 aromatic rings. The number of carboxylic acid groups (broad SMARTS) is 1. The smallest absolute Gasteiger partial charge is 0.309 e. The monoisotopic (exact) mass is 196 g/mol. The number of aryl methyl sites for hydroxylation is 1. The van der Waals surface area contributed by atoms with Gasteiger partial charge in [-0.2, -0.15) is 0 Å². The van der Waals surface area contributed by atoms with E-state index in [0.717, 1.165) is 16.3 Å². The van der Waals surface area contributed by atoms with Crippen molar-refractivity contribution in [2.75, 3.05) is 0 Å². The molecular weight excluding hydrogens is 188 g/mol. The highest BCUT2D eigenvalue weighted by atomic mass is 32.1. The van der Waals surface area contributed by atoms with Crippen LogP contribution in [0.25, 0.3) is 4.83 Å². The molecule has 0 fully saturated rings. The predicted molar refractivity (Wildman–Crippen MR) is 49.1 cm³/mol. The van der Waals surface area contributed by atoms with Crippen molar-refractivity contribution in [3.63, 3.8) is 0 Å². The molecule has 4 nitrogen and oxygen atoms in total. The Hall–Kier alpha value is -1.36. The highest BCUT2D eigenvalue weighted by Gasteiger charge is 2.09. The van der Waals surface area contributed by atoms with Gasteiger partial charge in [0.2, 0.25) is 0 Å². The van der Waals surface area contributed by atoms with Crippen molar-refractivity contribution in [3.8, 4) is 0 Å². The summed E-state index contributed by atoms with van der Waals surface area (Å²) in [5.41, 5.74) is 0.794. The maximum absolute atomic E-state index is 10.5. The SMILES string of the molecule is Cc1ncc2scc(CC(=O)O)n12. The van der Waals surface area contributed by atoms with E-state index in [1.54, 1.807) is 6.20 Å². The second-order valence-corrected chi connectivity index (χ2v) is 3.67. The van der Waals surface area contributed by atoms with Gasteiger partial charge in [-0.25, -0.2) is 4.98 Å². The topological polar surface area (TPSA) is 54.6 Å². The van der Waals surface area contributed by atoms with E-state index in [9.17, 15) is 4.79 Å². The van der Waals surface area contributed by atoms with Gasteiger partial charge in [0, 0.05) is 11.1 Å². The fourth-order valence-corrected chi connectivity index (χ4v) is 2.23. The van der Waals surface area contributed by atoms with Crippen LogP contribution in [0.15, 0.2) is 11.6 Å². The summed E-state index contributed by atoms with van der Waals surface area (Å²) in [7, 11) is 0. The Labute approximate surface area is 78.5 Å². The molecular formula is C8H8N2O2S. The van der Waals surface area contributed by atoms with Crippen molar-refractivity contribution >= 4 is 22.1 Å². The summed E-state index contributed by atoms with van der Waals surface area (Å²) in [5.74, 6) is 0.0281. The number of hydrogen-bond donors (Lipinski definition) is 1. The molecule has 0 unspecified atom stereocenters. The van der Waals surface area contributed by atoms with Crippen molar-refractivity contribution in [1.29, 1.82) is 0 Å². The van der Waals surface area contributed by atoms with E-state index in [1.807, 2.05) is 16.7 Å². The second kappa shape index (κ2) is 2.85. The number of carboxylic acids is 1. The van der Waals surface area contributed by atoms with Crippen molar-refractivity contribution in [2.24, 2.45) is 0 Å². The Bertz CT molecular complexity index is 458. The van der Waals surface area contributed by atoms with Gasteiger partial charge in [0.05, 0.1) is 12.6 Å². The molecule has 0 radical (unpaired) electrons. The molecule has 2 aromatic heterocycles. The van der Waals surface area contributed by atoms with Gasteiger partial charge in [0.25, 0.3) is 0 Å². The highest BCUT2D eigenvalue weighted by molar-refractivity contribution is 7.15. The van der Waals surface area contributed by atoms with Crippen molar-refractivity contribution in [3.05, 3.63) is 23.1 Å². The second-order valence-electron chi connectivity index (χ2n) is 2.78. The third-order valence-corrected chi connectivity index (χ3v) is 2.76. The summed E-state index contributed by atoms with van der Waals surface area (Å²) in [6.45, 7) is 1.87. The normalized spacial score (nSPS) is 10.8. The molecule has 0 saturated carbocycles. The quantitative estimate of drug-likeness (QED) is 0.788. The Kier molecular flexibility index (Phi) is 1.81. The van der Waals surface area contributed by atoms with Crippen LogP contribution in [-0.4, -0.2) is 20.5 Å². The number of rotatable bonds is 2. The van der Waals surface area contributed by atoms with E-state index < -0.39 is 5.97 Å². The predicted octanol–water partition coefficient (Wildman–Crippen LogP) is 1.33. The lowest BCUT2D eigenvalue weighted by Gasteiger charge is -1.95. The van der Waals surface area contributed by atoms with Gasteiger partial charge in [-0.05, 0) is 6.92 Å². The summed E-state index contributed by atoms with van der Waals surface area (Å²) in [5, 5.41) is 10.5. The van der Waals surface area contributed by atoms with E-state index in [2.05, 4.69) is 4.98 Å². The molecule has 0 aliphatic heterocycles. The van der Waals surface area contributed by atoms with Crippen LogP contribution >= 0.6 is 11.3 Å². The molecule has 0 aromatic carbocycles. The van der Waals surface area contributed by atoms with E-state index in [4.69, 9.17) is 5.11 Å². The van der Waals surface area contributed by atoms with Crippen LogP contribution in [-0.2, 0) is 11.2 Å². The van der Waals surface area contributed by atoms with Crippen LogP contribution in [0, 0.1) is 6.92 Å². The van der Waals surface area contributed by atoms with Crippen molar-refractivity contribution in [2.45, 2.75) is 13.3 Å². The lowest BCUT2D eigenvalue weighted by atomic mass is 10.3. The number of nitrogens with zero attached hydrogens (tertiary/aromatic N) is 2. The lowest BCUT2D eigenvalue weighted by molar-refractivity contribution is -0.136. The maximum atomic E-state index is 10.5. The molecule has 0 saturated heterocycles. The fraction of sp³-hybridized carbons (Fsp3) is 0.250. The van der Waals surface area contributed by atoms with Gasteiger partial charge >= 0.3 is 5.97 Å². The number of hydrogen-bond acceptors (Lipinski definition) is 3. The number of carbonyl (C=O) groups is 1. The third kappa shape index (κ3) is 1.31. The summed E-state index contributed by atoms with van der Waals surface area (Å²) >= 11 is 1.51. The molecule has 2 rings (SSSR count). The average molecular weight is 196 g/mol. The number of thiazole rings is 1. The molecule has 68 valence electrons. The highest BCUT2D eigenvalue weighted by Crippen LogP contribution is 2.18. The first-order valence-electron chi connectivity index (χ1n) is 3.80. The third-order valence-electron chi connectivity index (χ3n) is 1.84. The Balaban J connectivity index is 2.55. The average Bonchev–Trinajstić information content (AvgIpc) is 2.56. The van der Waals surface area contributed by atoms with Gasteiger partial charge in [0.1, 0.15) is 10.7 Å². The standard InChI is InChI=1S/C8H8N2O2S/c1-5-9-3-7-10(5)6(4-13-7)2-8(11)12/h3-4H,2H2,1H3,(H,11,12). The Morgan fingerprint density at radius 2 is 2.54 bits per heavy atom. The van der Waals surface area contributed by atoms with E-state index in [-0.39, 0.29) is 6.42 Å². The molecule has 1 N–H and O–H groups in total. The zero-order valence-electron chi connectivity index (χ0n) is 7.02. The van der Waals surface area contributed by atoms with Gasteiger partial charge in [-0.1, -0.05) is 0 Å². The van der Waals surface area contributed by atoms with E-state index >= 15 is 0 Å². The Morgan fingerprint density at radius 1 is 1.77 bits per heavy atom. The number of aromatic nitrogens is 2.